The number of rotatable bonds is 3. The number of fused-ring (bicyclic) bond motifs is 2. The van der Waals surface area contributed by atoms with Gasteiger partial charge in [-0.3, -0.25) is 9.59 Å². The van der Waals surface area contributed by atoms with Gasteiger partial charge in [0, 0.05) is 18.3 Å². The van der Waals surface area contributed by atoms with Crippen LogP contribution in [0.1, 0.15) is 30.4 Å². The highest BCUT2D eigenvalue weighted by atomic mass is 16.3. The highest BCUT2D eigenvalue weighted by Gasteiger charge is 2.28. The van der Waals surface area contributed by atoms with Gasteiger partial charge >= 0.3 is 0 Å². The Bertz CT molecular complexity index is 1190. The molecule has 0 bridgehead atoms. The van der Waals surface area contributed by atoms with E-state index in [9.17, 15) is 19.8 Å². The van der Waals surface area contributed by atoms with Gasteiger partial charge in [-0.25, -0.2) is 9.97 Å². The maximum Gasteiger partial charge on any atom is 0.257 e. The van der Waals surface area contributed by atoms with Gasteiger partial charge in [0.05, 0.1) is 21.9 Å². The van der Waals surface area contributed by atoms with Crippen LogP contribution in [0.5, 0.6) is 11.5 Å². The molecular formula is C19H16N4O4. The molecule has 0 aliphatic carbocycles. The molecule has 27 heavy (non-hydrogen) atoms. The Morgan fingerprint density at radius 2 is 1.33 bits per heavy atom. The molecule has 0 saturated heterocycles. The summed E-state index contributed by atoms with van der Waals surface area (Å²) < 4.78 is 0. The zero-order chi connectivity index (χ0) is 19.1. The number of pyridine rings is 4. The monoisotopic (exact) mass is 364 g/mol. The van der Waals surface area contributed by atoms with Crippen LogP contribution >= 0.6 is 0 Å². The summed E-state index contributed by atoms with van der Waals surface area (Å²) >= 11 is 0. The molecule has 0 spiro atoms. The van der Waals surface area contributed by atoms with Gasteiger partial charge in [-0.2, -0.15) is 0 Å². The SMILES string of the molecule is CCC(c1c(O)c2cccnc2[nH]c1=O)c1c(O)c2cccnc2[nH]c1=O. The van der Waals surface area contributed by atoms with Gasteiger partial charge in [-0.1, -0.05) is 6.92 Å². The largest absolute Gasteiger partial charge is 0.507 e. The second-order valence-corrected chi connectivity index (χ2v) is 6.19. The van der Waals surface area contributed by atoms with Gasteiger partial charge < -0.3 is 20.2 Å². The molecule has 0 amide bonds. The van der Waals surface area contributed by atoms with Crippen molar-refractivity contribution in [2.24, 2.45) is 0 Å². The first-order chi connectivity index (χ1) is 13.0. The number of aromatic nitrogens is 4. The van der Waals surface area contributed by atoms with Crippen LogP contribution in [0.25, 0.3) is 22.1 Å². The summed E-state index contributed by atoms with van der Waals surface area (Å²) in [5, 5.41) is 22.2. The summed E-state index contributed by atoms with van der Waals surface area (Å²) in [4.78, 5) is 38.6. The Balaban J connectivity index is 2.05. The van der Waals surface area contributed by atoms with Crippen LogP contribution in [0.2, 0.25) is 0 Å². The predicted octanol–water partition coefficient (Wildman–Crippen LogP) is 2.11. The fourth-order valence-corrected chi connectivity index (χ4v) is 3.45. The molecule has 4 aromatic rings. The average molecular weight is 364 g/mol. The van der Waals surface area contributed by atoms with Crippen molar-refractivity contribution in [3.8, 4) is 11.5 Å². The number of H-pyrrole nitrogens is 2. The molecule has 8 nitrogen and oxygen atoms in total. The van der Waals surface area contributed by atoms with E-state index in [-0.39, 0.29) is 33.9 Å². The van der Waals surface area contributed by atoms with E-state index >= 15 is 0 Å². The van der Waals surface area contributed by atoms with Gasteiger partial charge in [0.25, 0.3) is 11.1 Å². The third-order valence-corrected chi connectivity index (χ3v) is 4.69. The van der Waals surface area contributed by atoms with Crippen LogP contribution in [-0.4, -0.2) is 30.1 Å². The molecule has 0 atom stereocenters. The molecule has 0 aliphatic rings. The van der Waals surface area contributed by atoms with Crippen LogP contribution in [-0.2, 0) is 0 Å². The standard InChI is InChI=1S/C19H16N4O4/c1-2-9(12-14(24)10-5-3-7-20-16(10)22-18(12)26)13-15(25)11-6-4-8-21-17(11)23-19(13)27/h3-9H,2H2,1H3,(H2,20,22,24,26)(H2,21,23,25,27). The Morgan fingerprint density at radius 1 is 0.889 bits per heavy atom. The number of hydrogen-bond acceptors (Lipinski definition) is 6. The molecule has 0 unspecified atom stereocenters. The summed E-state index contributed by atoms with van der Waals surface area (Å²) in [6.07, 6.45) is 3.31. The zero-order valence-corrected chi connectivity index (χ0v) is 14.4. The lowest BCUT2D eigenvalue weighted by molar-refractivity contribution is 0.456. The summed E-state index contributed by atoms with van der Waals surface area (Å²) in [6.45, 7) is 1.77. The third-order valence-electron chi connectivity index (χ3n) is 4.69. The quantitative estimate of drug-likeness (QED) is 0.440. The van der Waals surface area contributed by atoms with Crippen molar-refractivity contribution in [3.63, 3.8) is 0 Å². The van der Waals surface area contributed by atoms with Crippen molar-refractivity contribution in [2.45, 2.75) is 19.3 Å². The fraction of sp³-hybridized carbons (Fsp3) is 0.158. The summed E-state index contributed by atoms with van der Waals surface area (Å²) in [5.74, 6) is -1.32. The molecule has 0 saturated carbocycles. The van der Waals surface area contributed by atoms with Crippen LogP contribution in [0.15, 0.2) is 46.2 Å². The van der Waals surface area contributed by atoms with E-state index < -0.39 is 17.0 Å². The van der Waals surface area contributed by atoms with E-state index in [0.29, 0.717) is 17.2 Å². The molecule has 8 heteroatoms. The Hall–Kier alpha value is -3.68. The average Bonchev–Trinajstić information content (AvgIpc) is 2.66. The second-order valence-electron chi connectivity index (χ2n) is 6.19. The van der Waals surface area contributed by atoms with E-state index in [1.54, 1.807) is 31.2 Å². The van der Waals surface area contributed by atoms with Crippen molar-refractivity contribution < 1.29 is 10.2 Å². The smallest absolute Gasteiger partial charge is 0.257 e. The van der Waals surface area contributed by atoms with Crippen LogP contribution in [0.4, 0.5) is 0 Å². The minimum absolute atomic E-state index is 0.0158. The van der Waals surface area contributed by atoms with Gasteiger partial charge in [-0.05, 0) is 30.7 Å². The maximum absolute atomic E-state index is 12.7. The molecule has 0 aromatic carbocycles. The molecule has 4 N–H and O–H groups in total. The normalized spacial score (nSPS) is 11.5. The Kier molecular flexibility index (Phi) is 3.88. The highest BCUT2D eigenvalue weighted by molar-refractivity contribution is 5.85. The minimum atomic E-state index is -0.813. The van der Waals surface area contributed by atoms with E-state index in [0.717, 1.165) is 0 Å². The first kappa shape index (κ1) is 16.8. The summed E-state index contributed by atoms with van der Waals surface area (Å²) in [6, 6.07) is 6.52. The van der Waals surface area contributed by atoms with Crippen LogP contribution in [0, 0.1) is 0 Å². The lowest BCUT2D eigenvalue weighted by Gasteiger charge is -2.18. The minimum Gasteiger partial charge on any atom is -0.507 e. The number of aromatic amines is 2. The van der Waals surface area contributed by atoms with E-state index in [1.807, 2.05) is 0 Å². The van der Waals surface area contributed by atoms with Gasteiger partial charge in [-0.15, -0.1) is 0 Å². The van der Waals surface area contributed by atoms with Crippen molar-refractivity contribution in [3.05, 3.63) is 68.5 Å². The van der Waals surface area contributed by atoms with Crippen molar-refractivity contribution in [2.75, 3.05) is 0 Å². The van der Waals surface area contributed by atoms with Crippen molar-refractivity contribution >= 4 is 22.1 Å². The molecule has 4 heterocycles. The van der Waals surface area contributed by atoms with E-state index in [1.165, 1.54) is 12.4 Å². The molecule has 136 valence electrons. The number of hydrogen-bond donors (Lipinski definition) is 4. The zero-order valence-electron chi connectivity index (χ0n) is 14.4. The third kappa shape index (κ3) is 2.53. The van der Waals surface area contributed by atoms with E-state index in [4.69, 9.17) is 0 Å². The summed E-state index contributed by atoms with van der Waals surface area (Å²) in [7, 11) is 0. The highest BCUT2D eigenvalue weighted by Crippen LogP contribution is 2.38. The number of aromatic hydroxyl groups is 2. The van der Waals surface area contributed by atoms with Crippen LogP contribution < -0.4 is 11.1 Å². The van der Waals surface area contributed by atoms with Gasteiger partial charge in [0.15, 0.2) is 0 Å². The first-order valence-corrected chi connectivity index (χ1v) is 8.42. The van der Waals surface area contributed by atoms with Gasteiger partial charge in [0.1, 0.15) is 22.8 Å². The number of nitrogens with one attached hydrogen (secondary N) is 2. The molecule has 4 aromatic heterocycles. The van der Waals surface area contributed by atoms with E-state index in [2.05, 4.69) is 19.9 Å². The first-order valence-electron chi connectivity index (χ1n) is 8.42. The van der Waals surface area contributed by atoms with Crippen LogP contribution in [0.3, 0.4) is 0 Å². The predicted molar refractivity (Wildman–Crippen MR) is 100 cm³/mol. The molecule has 4 rings (SSSR count). The molecule has 0 fully saturated rings. The van der Waals surface area contributed by atoms with Gasteiger partial charge in [0.2, 0.25) is 0 Å². The lowest BCUT2D eigenvalue weighted by atomic mass is 9.88. The fourth-order valence-electron chi connectivity index (χ4n) is 3.45. The molecular weight excluding hydrogens is 348 g/mol. The Morgan fingerprint density at radius 3 is 1.74 bits per heavy atom. The molecule has 0 aliphatic heterocycles. The molecule has 0 radical (unpaired) electrons. The Labute approximate surface area is 152 Å². The van der Waals surface area contributed by atoms with Crippen molar-refractivity contribution in [1.29, 1.82) is 0 Å². The second kappa shape index (κ2) is 6.24. The summed E-state index contributed by atoms with van der Waals surface area (Å²) in [5.41, 5.74) is -0.589. The lowest BCUT2D eigenvalue weighted by Crippen LogP contribution is -2.23. The maximum atomic E-state index is 12.7. The number of nitrogens with zero attached hydrogens (tertiary/aromatic N) is 2. The topological polar surface area (TPSA) is 132 Å². The van der Waals surface area contributed by atoms with Crippen molar-refractivity contribution in [1.82, 2.24) is 19.9 Å².